The van der Waals surface area contributed by atoms with Gasteiger partial charge in [0, 0.05) is 6.42 Å². The van der Waals surface area contributed by atoms with Crippen molar-refractivity contribution in [2.75, 3.05) is 0 Å². The monoisotopic (exact) mass is 421 g/mol. The molecule has 8 heteroatoms. The minimum atomic E-state index is -4.73. The number of alkyl halides is 3. The molecule has 0 aromatic heterocycles. The summed E-state index contributed by atoms with van der Waals surface area (Å²) < 4.78 is 46.1. The molecule has 0 spiro atoms. The second kappa shape index (κ2) is 8.01. The van der Waals surface area contributed by atoms with Gasteiger partial charge in [-0.3, -0.25) is 4.79 Å². The normalized spacial score (nSPS) is 17.2. The lowest BCUT2D eigenvalue weighted by Crippen LogP contribution is -2.38. The molecule has 5 nitrogen and oxygen atoms in total. The van der Waals surface area contributed by atoms with Crippen molar-refractivity contribution < 1.29 is 32.2 Å². The summed E-state index contributed by atoms with van der Waals surface area (Å²) in [6.45, 7) is 5.21. The summed E-state index contributed by atoms with van der Waals surface area (Å²) in [5.74, 6) is -0.570. The molecule has 0 N–H and O–H groups in total. The van der Waals surface area contributed by atoms with E-state index in [4.69, 9.17) is 4.74 Å². The Kier molecular flexibility index (Phi) is 5.78. The number of hydrogen-bond donors (Lipinski definition) is 0. The first kappa shape index (κ1) is 21.7. The van der Waals surface area contributed by atoms with Crippen molar-refractivity contribution in [2.24, 2.45) is 0 Å². The Morgan fingerprint density at radius 2 is 1.50 bits per heavy atom. The summed E-state index contributed by atoms with van der Waals surface area (Å²) in [6.07, 6.45) is -4.64. The van der Waals surface area contributed by atoms with Crippen LogP contribution in [-0.4, -0.2) is 28.9 Å². The average Bonchev–Trinajstić information content (AvgIpc) is 3.01. The van der Waals surface area contributed by atoms with Crippen LogP contribution in [0.1, 0.15) is 45.2 Å². The van der Waals surface area contributed by atoms with Crippen LogP contribution in [0.2, 0.25) is 0 Å². The zero-order valence-corrected chi connectivity index (χ0v) is 16.8. The first-order chi connectivity index (χ1) is 13.9. The van der Waals surface area contributed by atoms with E-state index in [-0.39, 0.29) is 18.1 Å². The number of carbonyl (C=O) groups excluding carboxylic acids is 2. The maximum absolute atomic E-state index is 12.5. The van der Waals surface area contributed by atoms with E-state index in [0.29, 0.717) is 12.0 Å². The Hall–Kier alpha value is -3.03. The summed E-state index contributed by atoms with van der Waals surface area (Å²) in [7, 11) is 0. The number of benzene rings is 2. The van der Waals surface area contributed by atoms with Crippen LogP contribution in [0.15, 0.2) is 48.5 Å². The molecule has 30 heavy (non-hydrogen) atoms. The van der Waals surface area contributed by atoms with Crippen LogP contribution < -0.4 is 4.74 Å². The molecular weight excluding hydrogens is 399 g/mol. The van der Waals surface area contributed by atoms with Gasteiger partial charge in [0.2, 0.25) is 5.91 Å². The van der Waals surface area contributed by atoms with Gasteiger partial charge in [-0.2, -0.15) is 0 Å². The molecule has 1 unspecified atom stereocenters. The molecule has 1 aliphatic heterocycles. The zero-order chi connectivity index (χ0) is 22.1. The first-order valence-corrected chi connectivity index (χ1v) is 9.44. The highest BCUT2D eigenvalue weighted by molar-refractivity contribution is 5.94. The van der Waals surface area contributed by atoms with Crippen LogP contribution in [0.3, 0.4) is 0 Å². The van der Waals surface area contributed by atoms with Crippen molar-refractivity contribution in [2.45, 2.75) is 51.6 Å². The predicted octanol–water partition coefficient (Wildman–Crippen LogP) is 5.85. The second-order valence-electron chi connectivity index (χ2n) is 7.99. The highest BCUT2D eigenvalue weighted by Gasteiger charge is 2.39. The van der Waals surface area contributed by atoms with Crippen LogP contribution >= 0.6 is 0 Å². The molecule has 0 bridgehead atoms. The molecule has 3 rings (SSSR count). The maximum atomic E-state index is 12.5. The number of nitrogens with zero attached hydrogens (tertiary/aromatic N) is 1. The maximum Gasteiger partial charge on any atom is 0.573 e. The molecule has 0 radical (unpaired) electrons. The third kappa shape index (κ3) is 5.31. The molecule has 1 aliphatic rings. The van der Waals surface area contributed by atoms with Gasteiger partial charge in [0.05, 0.1) is 6.04 Å². The van der Waals surface area contributed by atoms with Crippen LogP contribution in [-0.2, 0) is 9.53 Å². The van der Waals surface area contributed by atoms with Gasteiger partial charge >= 0.3 is 12.5 Å². The van der Waals surface area contributed by atoms with Gasteiger partial charge in [0.1, 0.15) is 11.4 Å². The lowest BCUT2D eigenvalue weighted by molar-refractivity contribution is -0.274. The van der Waals surface area contributed by atoms with E-state index in [1.807, 2.05) is 0 Å². The number of rotatable bonds is 3. The zero-order valence-electron chi connectivity index (χ0n) is 16.8. The first-order valence-electron chi connectivity index (χ1n) is 9.44. The van der Waals surface area contributed by atoms with Gasteiger partial charge in [0.25, 0.3) is 0 Å². The summed E-state index contributed by atoms with van der Waals surface area (Å²) in [4.78, 5) is 25.9. The average molecular weight is 421 g/mol. The van der Waals surface area contributed by atoms with E-state index in [2.05, 4.69) is 4.74 Å². The molecule has 2 aromatic rings. The van der Waals surface area contributed by atoms with Gasteiger partial charge < -0.3 is 9.47 Å². The number of halogens is 3. The standard InChI is InChI=1S/C22H22F3NO4/c1-21(2,3)30-20(28)26-18(12-13-19(26)27)16-6-4-14(5-7-16)15-8-10-17(11-9-15)29-22(23,24)25/h4-11,18H,12-13H2,1-3H3. The molecule has 1 atom stereocenters. The van der Waals surface area contributed by atoms with E-state index in [1.165, 1.54) is 24.3 Å². The topological polar surface area (TPSA) is 55.8 Å². The van der Waals surface area contributed by atoms with E-state index >= 15 is 0 Å². The van der Waals surface area contributed by atoms with Crippen molar-refractivity contribution in [3.63, 3.8) is 0 Å². The lowest BCUT2D eigenvalue weighted by Gasteiger charge is -2.27. The molecule has 1 fully saturated rings. The van der Waals surface area contributed by atoms with E-state index in [0.717, 1.165) is 16.0 Å². The molecule has 0 aliphatic carbocycles. The number of hydrogen-bond acceptors (Lipinski definition) is 4. The Balaban J connectivity index is 1.76. The van der Waals surface area contributed by atoms with E-state index in [9.17, 15) is 22.8 Å². The fourth-order valence-electron chi connectivity index (χ4n) is 3.29. The van der Waals surface area contributed by atoms with E-state index in [1.54, 1.807) is 45.0 Å². The third-order valence-corrected chi connectivity index (χ3v) is 4.52. The predicted molar refractivity (Wildman–Crippen MR) is 104 cm³/mol. The summed E-state index contributed by atoms with van der Waals surface area (Å²) in [6, 6.07) is 12.3. The Morgan fingerprint density at radius 1 is 0.967 bits per heavy atom. The number of carbonyl (C=O) groups is 2. The van der Waals surface area contributed by atoms with Crippen molar-refractivity contribution in [3.8, 4) is 16.9 Å². The highest BCUT2D eigenvalue weighted by Crippen LogP contribution is 2.35. The quantitative estimate of drug-likeness (QED) is 0.624. The van der Waals surface area contributed by atoms with Crippen molar-refractivity contribution in [3.05, 3.63) is 54.1 Å². The van der Waals surface area contributed by atoms with Crippen molar-refractivity contribution in [1.29, 1.82) is 0 Å². The van der Waals surface area contributed by atoms with Crippen LogP contribution in [0.4, 0.5) is 18.0 Å². The molecule has 2 amide bonds. The van der Waals surface area contributed by atoms with Gasteiger partial charge in [0.15, 0.2) is 0 Å². The molecule has 0 saturated carbocycles. The fraction of sp³-hybridized carbons (Fsp3) is 0.364. The number of likely N-dealkylation sites (tertiary alicyclic amines) is 1. The number of amides is 2. The van der Waals surface area contributed by atoms with Gasteiger partial charge in [-0.1, -0.05) is 36.4 Å². The smallest absolute Gasteiger partial charge is 0.443 e. The largest absolute Gasteiger partial charge is 0.573 e. The summed E-state index contributed by atoms with van der Waals surface area (Å²) in [5, 5.41) is 0. The molecule has 2 aromatic carbocycles. The van der Waals surface area contributed by atoms with Crippen LogP contribution in [0, 0.1) is 0 Å². The number of imide groups is 1. The minimum Gasteiger partial charge on any atom is -0.443 e. The molecular formula is C22H22F3NO4. The van der Waals surface area contributed by atoms with Gasteiger partial charge in [-0.25, -0.2) is 9.69 Å². The van der Waals surface area contributed by atoms with E-state index < -0.39 is 24.1 Å². The summed E-state index contributed by atoms with van der Waals surface area (Å²) in [5.41, 5.74) is 1.57. The lowest BCUT2D eigenvalue weighted by atomic mass is 9.99. The Labute approximate surface area is 172 Å². The third-order valence-electron chi connectivity index (χ3n) is 4.52. The Morgan fingerprint density at radius 3 is 2.00 bits per heavy atom. The molecule has 1 heterocycles. The minimum absolute atomic E-state index is 0.256. The molecule has 160 valence electrons. The highest BCUT2D eigenvalue weighted by atomic mass is 19.4. The second-order valence-corrected chi connectivity index (χ2v) is 7.99. The number of ether oxygens (including phenoxy) is 2. The Bertz CT molecular complexity index is 915. The van der Waals surface area contributed by atoms with Gasteiger partial charge in [-0.15, -0.1) is 13.2 Å². The van der Waals surface area contributed by atoms with Gasteiger partial charge in [-0.05, 0) is 56.0 Å². The fourth-order valence-corrected chi connectivity index (χ4v) is 3.29. The SMILES string of the molecule is CC(C)(C)OC(=O)N1C(=O)CCC1c1ccc(-c2ccc(OC(F)(F)F)cc2)cc1. The van der Waals surface area contributed by atoms with Crippen LogP contribution in [0.25, 0.3) is 11.1 Å². The summed E-state index contributed by atoms with van der Waals surface area (Å²) >= 11 is 0. The molecule has 1 saturated heterocycles. The van der Waals surface area contributed by atoms with Crippen LogP contribution in [0.5, 0.6) is 5.75 Å². The van der Waals surface area contributed by atoms with Crippen molar-refractivity contribution >= 4 is 12.0 Å². The van der Waals surface area contributed by atoms with Crippen molar-refractivity contribution in [1.82, 2.24) is 4.90 Å².